The SMILES string of the molecule is O=C(O)C=Cc1cccc(OCc2cc(Br)cs2)c1. The van der Waals surface area contributed by atoms with Crippen molar-refractivity contribution in [3.63, 3.8) is 0 Å². The number of ether oxygens (including phenoxy) is 1. The van der Waals surface area contributed by atoms with Crippen LogP contribution in [0.2, 0.25) is 0 Å². The highest BCUT2D eigenvalue weighted by molar-refractivity contribution is 9.10. The summed E-state index contributed by atoms with van der Waals surface area (Å²) in [4.78, 5) is 11.6. The van der Waals surface area contributed by atoms with Crippen LogP contribution in [-0.2, 0) is 11.4 Å². The van der Waals surface area contributed by atoms with E-state index in [9.17, 15) is 4.79 Å². The normalized spacial score (nSPS) is 10.8. The van der Waals surface area contributed by atoms with Gasteiger partial charge in [0, 0.05) is 20.8 Å². The van der Waals surface area contributed by atoms with Crippen LogP contribution in [0.4, 0.5) is 0 Å². The highest BCUT2D eigenvalue weighted by atomic mass is 79.9. The van der Waals surface area contributed by atoms with Crippen LogP contribution in [0.5, 0.6) is 5.75 Å². The summed E-state index contributed by atoms with van der Waals surface area (Å²) in [6, 6.07) is 9.33. The van der Waals surface area contributed by atoms with Gasteiger partial charge >= 0.3 is 5.97 Å². The fourth-order valence-electron chi connectivity index (χ4n) is 1.46. The molecule has 0 saturated carbocycles. The summed E-state index contributed by atoms with van der Waals surface area (Å²) in [6.45, 7) is 0.502. The van der Waals surface area contributed by atoms with Crippen LogP contribution in [0.1, 0.15) is 10.4 Å². The summed E-state index contributed by atoms with van der Waals surface area (Å²) in [7, 11) is 0. The summed E-state index contributed by atoms with van der Waals surface area (Å²) >= 11 is 5.02. The second-order valence-electron chi connectivity index (χ2n) is 3.76. The van der Waals surface area contributed by atoms with Crippen molar-refractivity contribution < 1.29 is 14.6 Å². The van der Waals surface area contributed by atoms with Crippen LogP contribution in [0.3, 0.4) is 0 Å². The third-order valence-electron chi connectivity index (χ3n) is 2.28. The molecule has 2 aromatic rings. The van der Waals surface area contributed by atoms with Gasteiger partial charge in [0.05, 0.1) is 0 Å². The molecule has 2 rings (SSSR count). The van der Waals surface area contributed by atoms with Crippen LogP contribution in [0.15, 0.2) is 46.3 Å². The minimum absolute atomic E-state index is 0.502. The molecule has 0 unspecified atom stereocenters. The highest BCUT2D eigenvalue weighted by Crippen LogP contribution is 2.22. The molecule has 19 heavy (non-hydrogen) atoms. The first-order chi connectivity index (χ1) is 9.13. The van der Waals surface area contributed by atoms with Gasteiger partial charge in [0.15, 0.2) is 0 Å². The average molecular weight is 339 g/mol. The monoisotopic (exact) mass is 338 g/mol. The molecule has 0 atom stereocenters. The number of carboxylic acid groups (broad SMARTS) is 1. The lowest BCUT2D eigenvalue weighted by atomic mass is 10.2. The summed E-state index contributed by atoms with van der Waals surface area (Å²) in [5.41, 5.74) is 0.798. The first kappa shape index (κ1) is 13.8. The van der Waals surface area contributed by atoms with Crippen LogP contribution in [0.25, 0.3) is 6.08 Å². The van der Waals surface area contributed by atoms with E-state index in [1.807, 2.05) is 35.7 Å². The molecule has 0 radical (unpaired) electrons. The molecule has 0 spiro atoms. The molecule has 0 aliphatic carbocycles. The second kappa shape index (κ2) is 6.54. The first-order valence-electron chi connectivity index (χ1n) is 5.50. The molecule has 0 aliphatic heterocycles. The standard InChI is InChI=1S/C14H11BrO3S/c15-11-7-13(19-9-11)8-18-12-3-1-2-10(6-12)4-5-14(16)17/h1-7,9H,8H2,(H,16,17). The van der Waals surface area contributed by atoms with Gasteiger partial charge in [0.2, 0.25) is 0 Å². The molecular formula is C14H11BrO3S. The summed E-state index contributed by atoms with van der Waals surface area (Å²) in [5, 5.41) is 10.6. The number of aliphatic carboxylic acids is 1. The van der Waals surface area contributed by atoms with Gasteiger partial charge in [-0.05, 0) is 45.8 Å². The third kappa shape index (κ3) is 4.54. The predicted octanol–water partition coefficient (Wildman–Crippen LogP) is 4.19. The molecule has 0 aliphatic rings. The van der Waals surface area contributed by atoms with Crippen molar-refractivity contribution in [1.29, 1.82) is 0 Å². The Balaban J connectivity index is 2.00. The zero-order valence-electron chi connectivity index (χ0n) is 9.88. The Morgan fingerprint density at radius 1 is 1.42 bits per heavy atom. The molecule has 5 heteroatoms. The van der Waals surface area contributed by atoms with Crippen molar-refractivity contribution in [3.8, 4) is 5.75 Å². The molecule has 1 N–H and O–H groups in total. The van der Waals surface area contributed by atoms with Gasteiger partial charge in [0.1, 0.15) is 12.4 Å². The zero-order valence-corrected chi connectivity index (χ0v) is 12.3. The van der Waals surface area contributed by atoms with Gasteiger partial charge in [-0.15, -0.1) is 11.3 Å². The van der Waals surface area contributed by atoms with E-state index < -0.39 is 5.97 Å². The van der Waals surface area contributed by atoms with Crippen LogP contribution < -0.4 is 4.74 Å². The number of hydrogen-bond acceptors (Lipinski definition) is 3. The molecule has 0 fully saturated rings. The lowest BCUT2D eigenvalue weighted by Crippen LogP contribution is -1.93. The van der Waals surface area contributed by atoms with Gasteiger partial charge in [-0.1, -0.05) is 12.1 Å². The number of benzene rings is 1. The van der Waals surface area contributed by atoms with Crippen molar-refractivity contribution in [2.24, 2.45) is 0 Å². The Hall–Kier alpha value is -1.59. The summed E-state index contributed by atoms with van der Waals surface area (Å²) in [5.74, 6) is -0.244. The van der Waals surface area contributed by atoms with Crippen LogP contribution in [0, 0.1) is 0 Å². The van der Waals surface area contributed by atoms with E-state index in [1.165, 1.54) is 6.08 Å². The van der Waals surface area contributed by atoms with Crippen molar-refractivity contribution in [2.45, 2.75) is 6.61 Å². The Labute approximate surface area is 123 Å². The smallest absolute Gasteiger partial charge is 0.328 e. The number of hydrogen-bond donors (Lipinski definition) is 1. The molecule has 1 heterocycles. The third-order valence-corrected chi connectivity index (χ3v) is 3.95. The van der Waals surface area contributed by atoms with Crippen molar-refractivity contribution in [3.05, 3.63) is 56.7 Å². The van der Waals surface area contributed by atoms with E-state index in [2.05, 4.69) is 15.9 Å². The van der Waals surface area contributed by atoms with E-state index in [4.69, 9.17) is 9.84 Å². The zero-order chi connectivity index (χ0) is 13.7. The molecule has 0 amide bonds. The fraction of sp³-hybridized carbons (Fsp3) is 0.0714. The van der Waals surface area contributed by atoms with Crippen LogP contribution >= 0.6 is 27.3 Å². The predicted molar refractivity (Wildman–Crippen MR) is 79.5 cm³/mol. The van der Waals surface area contributed by atoms with E-state index >= 15 is 0 Å². The van der Waals surface area contributed by atoms with Crippen molar-refractivity contribution >= 4 is 39.3 Å². The van der Waals surface area contributed by atoms with Crippen molar-refractivity contribution in [1.82, 2.24) is 0 Å². The summed E-state index contributed by atoms with van der Waals surface area (Å²) in [6.07, 6.45) is 2.65. The second-order valence-corrected chi connectivity index (χ2v) is 5.68. The summed E-state index contributed by atoms with van der Waals surface area (Å²) < 4.78 is 6.71. The van der Waals surface area contributed by atoms with E-state index in [1.54, 1.807) is 11.3 Å². The Bertz CT molecular complexity index is 604. The minimum Gasteiger partial charge on any atom is -0.488 e. The molecule has 3 nitrogen and oxygen atoms in total. The minimum atomic E-state index is -0.963. The number of thiophene rings is 1. The van der Waals surface area contributed by atoms with E-state index in [-0.39, 0.29) is 0 Å². The molecule has 1 aromatic carbocycles. The molecular weight excluding hydrogens is 328 g/mol. The quantitative estimate of drug-likeness (QED) is 0.831. The Morgan fingerprint density at radius 2 is 2.26 bits per heavy atom. The van der Waals surface area contributed by atoms with E-state index in [0.29, 0.717) is 6.61 Å². The number of carbonyl (C=O) groups is 1. The van der Waals surface area contributed by atoms with Gasteiger partial charge in [0.25, 0.3) is 0 Å². The van der Waals surface area contributed by atoms with E-state index in [0.717, 1.165) is 26.7 Å². The van der Waals surface area contributed by atoms with Gasteiger partial charge in [-0.25, -0.2) is 4.79 Å². The maximum atomic E-state index is 10.4. The van der Waals surface area contributed by atoms with Gasteiger partial charge in [-0.2, -0.15) is 0 Å². The Kier molecular flexibility index (Phi) is 4.76. The number of carboxylic acids is 1. The maximum absolute atomic E-state index is 10.4. The van der Waals surface area contributed by atoms with Gasteiger partial charge < -0.3 is 9.84 Å². The molecule has 98 valence electrons. The van der Waals surface area contributed by atoms with Crippen LogP contribution in [-0.4, -0.2) is 11.1 Å². The number of halogens is 1. The fourth-order valence-corrected chi connectivity index (χ4v) is 2.82. The van der Waals surface area contributed by atoms with Crippen molar-refractivity contribution in [2.75, 3.05) is 0 Å². The largest absolute Gasteiger partial charge is 0.488 e. The van der Waals surface area contributed by atoms with Gasteiger partial charge in [-0.3, -0.25) is 0 Å². The lowest BCUT2D eigenvalue weighted by Gasteiger charge is -2.05. The maximum Gasteiger partial charge on any atom is 0.328 e. The molecule has 0 bridgehead atoms. The Morgan fingerprint density at radius 3 is 2.95 bits per heavy atom. The number of rotatable bonds is 5. The first-order valence-corrected chi connectivity index (χ1v) is 7.17. The highest BCUT2D eigenvalue weighted by Gasteiger charge is 2.00. The average Bonchev–Trinajstić information content (AvgIpc) is 2.80. The molecule has 0 saturated heterocycles. The topological polar surface area (TPSA) is 46.5 Å². The lowest BCUT2D eigenvalue weighted by molar-refractivity contribution is -0.131. The molecule has 1 aromatic heterocycles.